The monoisotopic (exact) mass is 316 g/mol. The third-order valence-electron chi connectivity index (χ3n) is 3.73. The molecule has 5 nitrogen and oxygen atoms in total. The van der Waals surface area contributed by atoms with Crippen molar-refractivity contribution in [3.63, 3.8) is 0 Å². The third kappa shape index (κ3) is 3.20. The fraction of sp³-hybridized carbons (Fsp3) is 0.312. The van der Waals surface area contributed by atoms with Crippen molar-refractivity contribution < 1.29 is 4.79 Å². The zero-order valence-electron chi connectivity index (χ0n) is 12.3. The predicted molar refractivity (Wildman–Crippen MR) is 86.6 cm³/mol. The minimum Gasteiger partial charge on any atom is -0.339 e. The van der Waals surface area contributed by atoms with Crippen LogP contribution in [0.5, 0.6) is 0 Å². The molecule has 0 radical (unpaired) electrons. The number of nitrogens with one attached hydrogen (secondary N) is 1. The van der Waals surface area contributed by atoms with Crippen molar-refractivity contribution in [3.05, 3.63) is 46.9 Å². The van der Waals surface area contributed by atoms with E-state index in [-0.39, 0.29) is 5.91 Å². The first-order valence-electron chi connectivity index (χ1n) is 7.28. The molecule has 1 N–H and O–H groups in total. The van der Waals surface area contributed by atoms with Gasteiger partial charge in [0, 0.05) is 23.8 Å². The largest absolute Gasteiger partial charge is 0.339 e. The van der Waals surface area contributed by atoms with E-state index in [1.165, 1.54) is 6.20 Å². The van der Waals surface area contributed by atoms with Crippen molar-refractivity contribution in [1.29, 1.82) is 0 Å². The molecule has 22 heavy (non-hydrogen) atoms. The molecule has 3 rings (SSSR count). The maximum Gasteiger partial charge on any atom is 0.274 e. The van der Waals surface area contributed by atoms with Crippen molar-refractivity contribution in [2.45, 2.75) is 19.8 Å². The molecule has 0 bridgehead atoms. The smallest absolute Gasteiger partial charge is 0.274 e. The van der Waals surface area contributed by atoms with E-state index in [9.17, 15) is 4.79 Å². The molecular weight excluding hydrogens is 300 g/mol. The number of anilines is 2. The summed E-state index contributed by atoms with van der Waals surface area (Å²) in [5.74, 6) is 0.541. The van der Waals surface area contributed by atoms with E-state index in [1.54, 1.807) is 6.20 Å². The van der Waals surface area contributed by atoms with Gasteiger partial charge in [-0.2, -0.15) is 0 Å². The SMILES string of the molecule is Cc1ccc(Cl)cc1Nc1cnc(C(=O)N2CCCC2)cn1. The summed E-state index contributed by atoms with van der Waals surface area (Å²) in [6.07, 6.45) is 5.21. The first kappa shape index (κ1) is 14.8. The predicted octanol–water partition coefficient (Wildman–Crippen LogP) is 3.42. The number of hydrogen-bond donors (Lipinski definition) is 1. The third-order valence-corrected chi connectivity index (χ3v) is 3.96. The van der Waals surface area contributed by atoms with Crippen LogP contribution in [0, 0.1) is 6.92 Å². The van der Waals surface area contributed by atoms with Crippen LogP contribution in [0.4, 0.5) is 11.5 Å². The highest BCUT2D eigenvalue weighted by Crippen LogP contribution is 2.23. The lowest BCUT2D eigenvalue weighted by Gasteiger charge is -2.14. The van der Waals surface area contributed by atoms with Gasteiger partial charge in [0.15, 0.2) is 0 Å². The summed E-state index contributed by atoms with van der Waals surface area (Å²) in [7, 11) is 0. The molecule has 0 aliphatic carbocycles. The first-order valence-corrected chi connectivity index (χ1v) is 7.66. The molecule has 1 amide bonds. The van der Waals surface area contributed by atoms with E-state index < -0.39 is 0 Å². The molecule has 1 fully saturated rings. The van der Waals surface area contributed by atoms with Crippen molar-refractivity contribution in [3.8, 4) is 0 Å². The van der Waals surface area contributed by atoms with Crippen LogP contribution in [0.15, 0.2) is 30.6 Å². The number of carbonyl (C=O) groups is 1. The average Bonchev–Trinajstić information content (AvgIpc) is 3.05. The van der Waals surface area contributed by atoms with Crippen LogP contribution >= 0.6 is 11.6 Å². The quantitative estimate of drug-likeness (QED) is 0.942. The molecule has 114 valence electrons. The van der Waals surface area contributed by atoms with Gasteiger partial charge >= 0.3 is 0 Å². The molecule has 0 saturated carbocycles. The maximum atomic E-state index is 12.2. The van der Waals surface area contributed by atoms with Crippen LogP contribution in [-0.4, -0.2) is 33.9 Å². The number of aryl methyl sites for hydroxylation is 1. The van der Waals surface area contributed by atoms with E-state index in [1.807, 2.05) is 30.0 Å². The molecule has 1 aromatic heterocycles. The van der Waals surface area contributed by atoms with Gasteiger partial charge < -0.3 is 10.2 Å². The van der Waals surface area contributed by atoms with Crippen molar-refractivity contribution in [2.75, 3.05) is 18.4 Å². The minimum atomic E-state index is -0.0458. The number of hydrogen-bond acceptors (Lipinski definition) is 4. The van der Waals surface area contributed by atoms with Crippen molar-refractivity contribution >= 4 is 29.0 Å². The van der Waals surface area contributed by atoms with Gasteiger partial charge in [-0.15, -0.1) is 0 Å². The Morgan fingerprint density at radius 1 is 1.23 bits per heavy atom. The summed E-state index contributed by atoms with van der Waals surface area (Å²) in [5.41, 5.74) is 2.32. The van der Waals surface area contributed by atoms with Crippen molar-refractivity contribution in [2.24, 2.45) is 0 Å². The summed E-state index contributed by atoms with van der Waals surface area (Å²) in [6, 6.07) is 5.61. The summed E-state index contributed by atoms with van der Waals surface area (Å²) < 4.78 is 0. The molecule has 2 heterocycles. The second-order valence-corrected chi connectivity index (χ2v) is 5.81. The van der Waals surface area contributed by atoms with Gasteiger partial charge in [0.2, 0.25) is 0 Å². The van der Waals surface area contributed by atoms with Crippen LogP contribution in [-0.2, 0) is 0 Å². The molecular formula is C16H17ClN4O. The van der Waals surface area contributed by atoms with Gasteiger partial charge in [0.1, 0.15) is 11.5 Å². The number of nitrogens with zero attached hydrogens (tertiary/aromatic N) is 3. The highest BCUT2D eigenvalue weighted by molar-refractivity contribution is 6.30. The fourth-order valence-corrected chi connectivity index (χ4v) is 2.62. The first-order chi connectivity index (χ1) is 10.6. The zero-order valence-corrected chi connectivity index (χ0v) is 13.1. The Labute approximate surface area is 134 Å². The number of rotatable bonds is 3. The number of benzene rings is 1. The standard InChI is InChI=1S/C16H17ClN4O/c1-11-4-5-12(17)8-13(11)20-15-10-18-14(9-19-15)16(22)21-6-2-3-7-21/h4-5,8-10H,2-3,6-7H2,1H3,(H,19,20). The van der Waals surface area contributed by atoms with Crippen LogP contribution in [0.25, 0.3) is 0 Å². The van der Waals surface area contributed by atoms with Gasteiger partial charge in [-0.05, 0) is 37.5 Å². The van der Waals surface area contributed by atoms with E-state index in [0.717, 1.165) is 37.2 Å². The minimum absolute atomic E-state index is 0.0458. The van der Waals surface area contributed by atoms with Crippen molar-refractivity contribution in [1.82, 2.24) is 14.9 Å². The normalized spacial score (nSPS) is 14.2. The molecule has 2 aromatic rings. The van der Waals surface area contributed by atoms with E-state index in [2.05, 4.69) is 15.3 Å². The number of aromatic nitrogens is 2. The second-order valence-electron chi connectivity index (χ2n) is 5.37. The van der Waals surface area contributed by atoms with Gasteiger partial charge in [-0.1, -0.05) is 17.7 Å². The average molecular weight is 317 g/mol. The highest BCUT2D eigenvalue weighted by atomic mass is 35.5. The number of amides is 1. The molecule has 0 atom stereocenters. The highest BCUT2D eigenvalue weighted by Gasteiger charge is 2.20. The molecule has 0 unspecified atom stereocenters. The lowest BCUT2D eigenvalue weighted by atomic mass is 10.2. The molecule has 1 aliphatic rings. The second kappa shape index (κ2) is 6.32. The molecule has 1 saturated heterocycles. The number of halogens is 1. The maximum absolute atomic E-state index is 12.2. The van der Waals surface area contributed by atoms with Crippen LogP contribution in [0.1, 0.15) is 28.9 Å². The Morgan fingerprint density at radius 3 is 2.68 bits per heavy atom. The topological polar surface area (TPSA) is 58.1 Å². The molecule has 0 spiro atoms. The Bertz CT molecular complexity index is 681. The molecule has 1 aliphatic heterocycles. The van der Waals surface area contributed by atoms with E-state index in [0.29, 0.717) is 16.5 Å². The Balaban J connectivity index is 1.74. The van der Waals surface area contributed by atoms with Gasteiger partial charge in [0.25, 0.3) is 5.91 Å². The summed E-state index contributed by atoms with van der Waals surface area (Å²) >= 11 is 6.00. The zero-order chi connectivity index (χ0) is 15.5. The van der Waals surface area contributed by atoms with Gasteiger partial charge in [0.05, 0.1) is 12.4 Å². The van der Waals surface area contributed by atoms with Crippen LogP contribution < -0.4 is 5.32 Å². The summed E-state index contributed by atoms with van der Waals surface area (Å²) in [4.78, 5) is 22.5. The fourth-order valence-electron chi connectivity index (χ4n) is 2.45. The van der Waals surface area contributed by atoms with Crippen LogP contribution in [0.3, 0.4) is 0 Å². The number of carbonyl (C=O) groups excluding carboxylic acids is 1. The summed E-state index contributed by atoms with van der Waals surface area (Å²) in [5, 5.41) is 3.82. The molecule has 6 heteroatoms. The van der Waals surface area contributed by atoms with Crippen LogP contribution in [0.2, 0.25) is 5.02 Å². The van der Waals surface area contributed by atoms with Gasteiger partial charge in [-0.3, -0.25) is 4.79 Å². The lowest BCUT2D eigenvalue weighted by Crippen LogP contribution is -2.28. The van der Waals surface area contributed by atoms with Gasteiger partial charge in [-0.25, -0.2) is 9.97 Å². The summed E-state index contributed by atoms with van der Waals surface area (Å²) in [6.45, 7) is 3.60. The Morgan fingerprint density at radius 2 is 2.00 bits per heavy atom. The number of likely N-dealkylation sites (tertiary alicyclic amines) is 1. The van der Waals surface area contributed by atoms with E-state index in [4.69, 9.17) is 11.6 Å². The van der Waals surface area contributed by atoms with E-state index >= 15 is 0 Å². The Hall–Kier alpha value is -2.14. The lowest BCUT2D eigenvalue weighted by molar-refractivity contribution is 0.0786. The Kier molecular flexibility index (Phi) is 4.24. The molecule has 1 aromatic carbocycles.